The van der Waals surface area contributed by atoms with Crippen LogP contribution >= 0.6 is 0 Å². The molecule has 1 fully saturated rings. The predicted octanol–water partition coefficient (Wildman–Crippen LogP) is 0.783. The highest BCUT2D eigenvalue weighted by Crippen LogP contribution is 2.16. The van der Waals surface area contributed by atoms with Gasteiger partial charge in [-0.2, -0.15) is 9.57 Å². The van der Waals surface area contributed by atoms with Crippen molar-refractivity contribution in [1.82, 2.24) is 4.31 Å². The summed E-state index contributed by atoms with van der Waals surface area (Å²) in [7, 11) is -3.52. The van der Waals surface area contributed by atoms with Gasteiger partial charge in [-0.3, -0.25) is 4.79 Å². The van der Waals surface area contributed by atoms with Gasteiger partial charge in [0.2, 0.25) is 10.0 Å². The van der Waals surface area contributed by atoms with Crippen molar-refractivity contribution in [2.45, 2.75) is 24.8 Å². The van der Waals surface area contributed by atoms with Crippen LogP contribution < -0.4 is 10.2 Å². The SMILES string of the molecule is Cc1ccc(S(=O)(=O)N2CC[NH+]([C@H](C)C(=O)Nc3cccc(C#N)c3)CC2)cc1. The first-order valence-corrected chi connectivity index (χ1v) is 11.0. The number of hydrogen-bond donors (Lipinski definition) is 2. The van der Waals surface area contributed by atoms with Crippen molar-refractivity contribution in [1.29, 1.82) is 5.26 Å². The molecule has 0 aromatic heterocycles. The van der Waals surface area contributed by atoms with Crippen molar-refractivity contribution in [2.24, 2.45) is 0 Å². The van der Waals surface area contributed by atoms with Gasteiger partial charge >= 0.3 is 0 Å². The second-order valence-corrected chi connectivity index (χ2v) is 9.22. The van der Waals surface area contributed by atoms with Gasteiger partial charge in [0.05, 0.1) is 42.7 Å². The number of carbonyl (C=O) groups excluding carboxylic acids is 1. The number of hydrogen-bond acceptors (Lipinski definition) is 4. The summed E-state index contributed by atoms with van der Waals surface area (Å²) in [6.07, 6.45) is 0. The van der Waals surface area contributed by atoms with Crippen molar-refractivity contribution >= 4 is 21.6 Å². The molecule has 1 heterocycles. The largest absolute Gasteiger partial charge is 0.323 e. The van der Waals surface area contributed by atoms with E-state index in [1.54, 1.807) is 48.5 Å². The van der Waals surface area contributed by atoms with E-state index in [1.807, 2.05) is 19.9 Å². The van der Waals surface area contributed by atoms with Gasteiger partial charge < -0.3 is 10.2 Å². The fourth-order valence-electron chi connectivity index (χ4n) is 3.41. The fraction of sp³-hybridized carbons (Fsp3) is 0.333. The van der Waals surface area contributed by atoms with Crippen LogP contribution in [0.2, 0.25) is 0 Å². The second kappa shape index (κ2) is 8.74. The molecule has 1 saturated heterocycles. The number of sulfonamides is 1. The monoisotopic (exact) mass is 413 g/mol. The Balaban J connectivity index is 1.60. The molecule has 29 heavy (non-hydrogen) atoms. The van der Waals surface area contributed by atoms with Crippen LogP contribution in [0.5, 0.6) is 0 Å². The predicted molar refractivity (Wildman–Crippen MR) is 110 cm³/mol. The highest BCUT2D eigenvalue weighted by atomic mass is 32.2. The van der Waals surface area contributed by atoms with Crippen molar-refractivity contribution in [2.75, 3.05) is 31.5 Å². The van der Waals surface area contributed by atoms with Gasteiger partial charge in [0.1, 0.15) is 0 Å². The molecule has 2 aromatic rings. The van der Waals surface area contributed by atoms with Gasteiger partial charge in [-0.15, -0.1) is 0 Å². The molecular weight excluding hydrogens is 388 g/mol. The van der Waals surface area contributed by atoms with E-state index in [2.05, 4.69) is 5.32 Å². The third-order valence-corrected chi connectivity index (χ3v) is 7.20. The minimum atomic E-state index is -3.52. The Kier molecular flexibility index (Phi) is 6.33. The molecule has 0 spiro atoms. The number of nitrogens with one attached hydrogen (secondary N) is 2. The van der Waals surface area contributed by atoms with E-state index >= 15 is 0 Å². The lowest BCUT2D eigenvalue weighted by Gasteiger charge is -2.34. The molecule has 1 atom stereocenters. The molecular formula is C21H25N4O3S+. The lowest BCUT2D eigenvalue weighted by Crippen LogP contribution is -3.19. The second-order valence-electron chi connectivity index (χ2n) is 7.28. The van der Waals surface area contributed by atoms with Crippen LogP contribution in [0, 0.1) is 18.3 Å². The van der Waals surface area contributed by atoms with Crippen LogP contribution in [0.3, 0.4) is 0 Å². The zero-order valence-corrected chi connectivity index (χ0v) is 17.4. The summed E-state index contributed by atoms with van der Waals surface area (Å²) < 4.78 is 27.1. The first-order valence-electron chi connectivity index (χ1n) is 9.53. The van der Waals surface area contributed by atoms with Crippen LogP contribution in [-0.2, 0) is 14.8 Å². The lowest BCUT2D eigenvalue weighted by molar-refractivity contribution is -0.917. The molecule has 0 unspecified atom stereocenters. The van der Waals surface area contributed by atoms with Crippen molar-refractivity contribution in [3.8, 4) is 6.07 Å². The van der Waals surface area contributed by atoms with E-state index in [9.17, 15) is 13.2 Å². The molecule has 152 valence electrons. The Morgan fingerprint density at radius 3 is 2.45 bits per heavy atom. The van der Waals surface area contributed by atoms with E-state index in [0.29, 0.717) is 42.3 Å². The maximum Gasteiger partial charge on any atom is 0.282 e. The maximum absolute atomic E-state index is 12.8. The van der Waals surface area contributed by atoms with E-state index in [4.69, 9.17) is 5.26 Å². The fourth-order valence-corrected chi connectivity index (χ4v) is 4.85. The van der Waals surface area contributed by atoms with E-state index in [-0.39, 0.29) is 11.9 Å². The van der Waals surface area contributed by atoms with Crippen molar-refractivity contribution in [3.05, 3.63) is 59.7 Å². The number of anilines is 1. The number of benzene rings is 2. The summed E-state index contributed by atoms with van der Waals surface area (Å²) in [4.78, 5) is 13.9. The molecule has 2 aromatic carbocycles. The Morgan fingerprint density at radius 2 is 1.83 bits per heavy atom. The van der Waals surface area contributed by atoms with Crippen molar-refractivity contribution < 1.29 is 18.1 Å². The Hall–Kier alpha value is -2.73. The molecule has 7 nitrogen and oxygen atoms in total. The van der Waals surface area contributed by atoms with E-state index < -0.39 is 10.0 Å². The number of nitriles is 1. The van der Waals surface area contributed by atoms with Crippen LogP contribution in [0.1, 0.15) is 18.1 Å². The molecule has 0 radical (unpaired) electrons. The lowest BCUT2D eigenvalue weighted by atomic mass is 10.2. The summed E-state index contributed by atoms with van der Waals surface area (Å²) in [6.45, 7) is 5.60. The zero-order chi connectivity index (χ0) is 21.0. The number of piperazine rings is 1. The smallest absolute Gasteiger partial charge is 0.282 e. The quantitative estimate of drug-likeness (QED) is 0.758. The van der Waals surface area contributed by atoms with E-state index in [0.717, 1.165) is 10.5 Å². The molecule has 2 N–H and O–H groups in total. The third-order valence-electron chi connectivity index (χ3n) is 5.29. The van der Waals surface area contributed by atoms with Gasteiger partial charge in [-0.05, 0) is 44.2 Å². The van der Waals surface area contributed by atoms with Gasteiger partial charge in [0.15, 0.2) is 6.04 Å². The molecule has 3 rings (SSSR count). The minimum absolute atomic E-state index is 0.148. The number of rotatable bonds is 5. The zero-order valence-electron chi connectivity index (χ0n) is 16.6. The molecule has 0 bridgehead atoms. The Labute approximate surface area is 171 Å². The van der Waals surface area contributed by atoms with Crippen LogP contribution in [0.4, 0.5) is 5.69 Å². The Morgan fingerprint density at radius 1 is 1.17 bits per heavy atom. The average Bonchev–Trinajstić information content (AvgIpc) is 2.73. The highest BCUT2D eigenvalue weighted by molar-refractivity contribution is 7.89. The van der Waals surface area contributed by atoms with Crippen LogP contribution in [0.15, 0.2) is 53.4 Å². The summed E-state index contributed by atoms with van der Waals surface area (Å²) in [5, 5.41) is 11.8. The number of carbonyl (C=O) groups is 1. The minimum Gasteiger partial charge on any atom is -0.323 e. The summed E-state index contributed by atoms with van der Waals surface area (Å²) in [5.41, 5.74) is 2.08. The van der Waals surface area contributed by atoms with Gasteiger partial charge in [0, 0.05) is 5.69 Å². The maximum atomic E-state index is 12.8. The van der Waals surface area contributed by atoms with Gasteiger partial charge in [-0.25, -0.2) is 8.42 Å². The van der Waals surface area contributed by atoms with Crippen molar-refractivity contribution in [3.63, 3.8) is 0 Å². The first kappa shape index (κ1) is 21.0. The summed E-state index contributed by atoms with van der Waals surface area (Å²) in [6, 6.07) is 15.4. The topological polar surface area (TPSA) is 94.7 Å². The number of aryl methyl sites for hydroxylation is 1. The highest BCUT2D eigenvalue weighted by Gasteiger charge is 2.34. The van der Waals surface area contributed by atoms with Crippen LogP contribution in [0.25, 0.3) is 0 Å². The Bertz CT molecular complexity index is 1020. The number of nitrogens with zero attached hydrogens (tertiary/aromatic N) is 2. The molecule has 0 aliphatic carbocycles. The molecule has 8 heteroatoms. The summed E-state index contributed by atoms with van der Waals surface area (Å²) in [5.74, 6) is -0.148. The molecule has 0 saturated carbocycles. The van der Waals surface area contributed by atoms with Crippen LogP contribution in [-0.4, -0.2) is 50.9 Å². The number of amides is 1. The average molecular weight is 414 g/mol. The normalized spacial score (nSPS) is 16.7. The standard InChI is InChI=1S/C21H24N4O3S/c1-16-6-8-20(9-7-16)29(27,28)25-12-10-24(11-13-25)17(2)21(26)23-19-5-3-4-18(14-19)15-22/h3-9,14,17H,10-13H2,1-2H3,(H,23,26)/p+1/t17-/m1/s1. The molecule has 1 amide bonds. The van der Waals surface area contributed by atoms with Gasteiger partial charge in [0.25, 0.3) is 5.91 Å². The number of quaternary nitrogens is 1. The molecule has 1 aliphatic heterocycles. The van der Waals surface area contributed by atoms with Gasteiger partial charge in [-0.1, -0.05) is 23.8 Å². The third kappa shape index (κ3) is 4.82. The molecule has 1 aliphatic rings. The van der Waals surface area contributed by atoms with E-state index in [1.165, 1.54) is 4.31 Å². The first-order chi connectivity index (χ1) is 13.8. The summed E-state index contributed by atoms with van der Waals surface area (Å²) >= 11 is 0.